The molecule has 24 heavy (non-hydrogen) atoms. The molecular weight excluding hydrogens is 300 g/mol. The van der Waals surface area contributed by atoms with Gasteiger partial charge in [0.25, 0.3) is 0 Å². The summed E-state index contributed by atoms with van der Waals surface area (Å²) in [7, 11) is 0. The Morgan fingerprint density at radius 1 is 0.833 bits per heavy atom. The normalized spacial score (nSPS) is 12.4. The monoisotopic (exact) mass is 316 g/mol. The quantitative estimate of drug-likeness (QED) is 0.390. The summed E-state index contributed by atoms with van der Waals surface area (Å²) in [5.74, 6) is 0.678. The second-order valence-corrected chi connectivity index (χ2v) is 5.76. The summed E-state index contributed by atoms with van der Waals surface area (Å²) in [6.07, 6.45) is -0.0872. The molecule has 0 aliphatic heterocycles. The fourth-order valence-electron chi connectivity index (χ4n) is 2.93. The van der Waals surface area contributed by atoms with Crippen molar-refractivity contribution in [1.82, 2.24) is 0 Å². The molecule has 0 amide bonds. The van der Waals surface area contributed by atoms with E-state index >= 15 is 0 Å². The van der Waals surface area contributed by atoms with Crippen LogP contribution in [0.4, 0.5) is 0 Å². The van der Waals surface area contributed by atoms with Crippen LogP contribution in [-0.2, 0) is 0 Å². The lowest BCUT2D eigenvalue weighted by molar-refractivity contribution is 0.227. The highest BCUT2D eigenvalue weighted by molar-refractivity contribution is 6.04. The highest BCUT2D eigenvalue weighted by Gasteiger charge is 2.10. The van der Waals surface area contributed by atoms with Crippen LogP contribution in [-0.4, -0.2) is 0 Å². The number of hydrogen-bond acceptors (Lipinski definition) is 3. The first-order valence-corrected chi connectivity index (χ1v) is 7.89. The van der Waals surface area contributed by atoms with Crippen molar-refractivity contribution < 1.29 is 9.15 Å². The molecule has 0 unspecified atom stereocenters. The zero-order valence-electron chi connectivity index (χ0n) is 13.2. The Kier molecular flexibility index (Phi) is 3.54. The highest BCUT2D eigenvalue weighted by atomic mass is 16.5. The van der Waals surface area contributed by atoms with Crippen molar-refractivity contribution in [3.63, 3.8) is 0 Å². The number of benzene rings is 3. The number of hydrogen-bond donors (Lipinski definition) is 0. The Bertz CT molecular complexity index is 1060. The van der Waals surface area contributed by atoms with E-state index in [2.05, 4.69) is 0 Å². The van der Waals surface area contributed by atoms with Gasteiger partial charge >= 0.3 is 5.63 Å². The molecule has 0 fully saturated rings. The van der Waals surface area contributed by atoms with Gasteiger partial charge in [0.1, 0.15) is 17.4 Å². The maximum absolute atomic E-state index is 12.1. The van der Waals surface area contributed by atoms with Gasteiger partial charge in [-0.15, -0.1) is 0 Å². The van der Waals surface area contributed by atoms with Crippen LogP contribution >= 0.6 is 0 Å². The van der Waals surface area contributed by atoms with Crippen molar-refractivity contribution in [3.8, 4) is 5.75 Å². The van der Waals surface area contributed by atoms with Gasteiger partial charge in [-0.3, -0.25) is 0 Å². The minimum Gasteiger partial charge on any atom is -0.486 e. The van der Waals surface area contributed by atoms with Gasteiger partial charge < -0.3 is 9.15 Å². The molecule has 0 N–H and O–H groups in total. The SMILES string of the molecule is C[C@@H](Oc1ccc2c(c1)oc(=O)c1ccccc12)c1ccccc1. The van der Waals surface area contributed by atoms with Crippen LogP contribution in [0.3, 0.4) is 0 Å². The smallest absolute Gasteiger partial charge is 0.344 e. The summed E-state index contributed by atoms with van der Waals surface area (Å²) in [6, 6.07) is 23.1. The summed E-state index contributed by atoms with van der Waals surface area (Å²) in [6.45, 7) is 2.00. The van der Waals surface area contributed by atoms with Crippen LogP contribution in [0.2, 0.25) is 0 Å². The lowest BCUT2D eigenvalue weighted by atomic mass is 10.1. The van der Waals surface area contributed by atoms with Gasteiger partial charge in [-0.2, -0.15) is 0 Å². The van der Waals surface area contributed by atoms with Crippen molar-refractivity contribution in [2.45, 2.75) is 13.0 Å². The van der Waals surface area contributed by atoms with E-state index in [0.717, 1.165) is 16.3 Å². The summed E-state index contributed by atoms with van der Waals surface area (Å²) < 4.78 is 11.5. The summed E-state index contributed by atoms with van der Waals surface area (Å²) in [5.41, 5.74) is 1.31. The second kappa shape index (κ2) is 5.85. The third-order valence-electron chi connectivity index (χ3n) is 4.17. The predicted octanol–water partition coefficient (Wildman–Crippen LogP) is 5.09. The summed E-state index contributed by atoms with van der Waals surface area (Å²) in [4.78, 5) is 12.1. The molecule has 4 rings (SSSR count). The van der Waals surface area contributed by atoms with Gasteiger partial charge in [0.05, 0.1) is 5.39 Å². The van der Waals surface area contributed by atoms with Crippen molar-refractivity contribution in [2.75, 3.05) is 0 Å². The van der Waals surface area contributed by atoms with E-state index in [0.29, 0.717) is 16.7 Å². The average Bonchev–Trinajstić information content (AvgIpc) is 2.62. The van der Waals surface area contributed by atoms with Crippen molar-refractivity contribution >= 4 is 21.7 Å². The molecule has 3 aromatic carbocycles. The maximum atomic E-state index is 12.1. The van der Waals surface area contributed by atoms with Gasteiger partial charge in [-0.05, 0) is 36.1 Å². The molecule has 0 saturated carbocycles. The van der Waals surface area contributed by atoms with Crippen LogP contribution in [0.1, 0.15) is 18.6 Å². The molecule has 3 heteroatoms. The van der Waals surface area contributed by atoms with E-state index in [1.807, 2.05) is 67.6 Å². The minimum atomic E-state index is -0.327. The Morgan fingerprint density at radius 3 is 2.33 bits per heavy atom. The summed E-state index contributed by atoms with van der Waals surface area (Å²) >= 11 is 0. The third-order valence-corrected chi connectivity index (χ3v) is 4.17. The Morgan fingerprint density at radius 2 is 1.54 bits per heavy atom. The number of fused-ring (bicyclic) bond motifs is 3. The maximum Gasteiger partial charge on any atom is 0.344 e. The van der Waals surface area contributed by atoms with Gasteiger partial charge in [0, 0.05) is 11.5 Å². The largest absolute Gasteiger partial charge is 0.486 e. The molecule has 0 aliphatic carbocycles. The minimum absolute atomic E-state index is 0.0872. The van der Waals surface area contributed by atoms with Gasteiger partial charge in [0.2, 0.25) is 0 Å². The van der Waals surface area contributed by atoms with E-state index in [-0.39, 0.29) is 11.7 Å². The Labute approximate surface area is 139 Å². The van der Waals surface area contributed by atoms with Crippen LogP contribution < -0.4 is 10.4 Å². The number of ether oxygens (including phenoxy) is 1. The molecule has 1 aromatic heterocycles. The molecule has 0 spiro atoms. The first-order valence-electron chi connectivity index (χ1n) is 7.89. The van der Waals surface area contributed by atoms with Crippen molar-refractivity contribution in [3.05, 3.63) is 88.8 Å². The fourth-order valence-corrected chi connectivity index (χ4v) is 2.93. The van der Waals surface area contributed by atoms with Crippen LogP contribution in [0.25, 0.3) is 21.7 Å². The van der Waals surface area contributed by atoms with Crippen molar-refractivity contribution in [1.29, 1.82) is 0 Å². The van der Waals surface area contributed by atoms with Gasteiger partial charge in [-0.25, -0.2) is 4.79 Å². The molecule has 118 valence electrons. The lowest BCUT2D eigenvalue weighted by Crippen LogP contribution is -2.03. The highest BCUT2D eigenvalue weighted by Crippen LogP contribution is 2.28. The fraction of sp³-hybridized carbons (Fsp3) is 0.0952. The van der Waals surface area contributed by atoms with E-state index in [1.165, 1.54) is 0 Å². The molecule has 1 heterocycles. The van der Waals surface area contributed by atoms with Crippen LogP contribution in [0.15, 0.2) is 82.0 Å². The lowest BCUT2D eigenvalue weighted by Gasteiger charge is -2.15. The van der Waals surface area contributed by atoms with Crippen molar-refractivity contribution in [2.24, 2.45) is 0 Å². The molecule has 0 radical (unpaired) electrons. The summed E-state index contributed by atoms with van der Waals surface area (Å²) in [5, 5.41) is 2.40. The van der Waals surface area contributed by atoms with Gasteiger partial charge in [-0.1, -0.05) is 48.5 Å². The molecule has 4 aromatic rings. The van der Waals surface area contributed by atoms with Crippen LogP contribution in [0.5, 0.6) is 5.75 Å². The molecule has 3 nitrogen and oxygen atoms in total. The molecule has 1 atom stereocenters. The third kappa shape index (κ3) is 2.54. The predicted molar refractivity (Wildman–Crippen MR) is 95.5 cm³/mol. The van der Waals surface area contributed by atoms with E-state index in [9.17, 15) is 4.79 Å². The topological polar surface area (TPSA) is 39.4 Å². The van der Waals surface area contributed by atoms with E-state index in [4.69, 9.17) is 9.15 Å². The van der Waals surface area contributed by atoms with Crippen LogP contribution in [0, 0.1) is 0 Å². The van der Waals surface area contributed by atoms with Gasteiger partial charge in [0.15, 0.2) is 0 Å². The first kappa shape index (κ1) is 14.5. The molecule has 0 bridgehead atoms. The zero-order valence-corrected chi connectivity index (χ0v) is 13.2. The molecule has 0 aliphatic rings. The Balaban J connectivity index is 1.76. The first-order chi connectivity index (χ1) is 11.7. The Hall–Kier alpha value is -3.07. The van der Waals surface area contributed by atoms with E-state index < -0.39 is 0 Å². The second-order valence-electron chi connectivity index (χ2n) is 5.76. The molecule has 0 saturated heterocycles. The number of rotatable bonds is 3. The van der Waals surface area contributed by atoms with E-state index in [1.54, 1.807) is 12.1 Å². The molecular formula is C21H16O3. The standard InChI is InChI=1S/C21H16O3/c1-14(15-7-3-2-4-8-15)23-16-11-12-18-17-9-5-6-10-19(17)21(22)24-20(18)13-16/h2-14H,1H3/t14-/m1/s1. The zero-order chi connectivity index (χ0) is 16.5. The average molecular weight is 316 g/mol.